The van der Waals surface area contributed by atoms with E-state index >= 15 is 0 Å². The molecule has 24 heavy (non-hydrogen) atoms. The Bertz CT molecular complexity index is 630. The van der Waals surface area contributed by atoms with E-state index < -0.39 is 11.9 Å². The molecule has 0 radical (unpaired) electrons. The number of nitrogens with zero attached hydrogens (tertiary/aromatic N) is 2. The number of amides is 2. The van der Waals surface area contributed by atoms with Crippen molar-refractivity contribution in [1.82, 2.24) is 4.90 Å². The molecule has 2 rings (SSSR count). The highest BCUT2D eigenvalue weighted by Crippen LogP contribution is 2.17. The molecule has 0 aromatic heterocycles. The van der Waals surface area contributed by atoms with E-state index in [4.69, 9.17) is 10.5 Å². The Balaban J connectivity index is 1.90. The lowest BCUT2D eigenvalue weighted by atomic mass is 9.97. The fourth-order valence-corrected chi connectivity index (χ4v) is 2.65. The Morgan fingerprint density at radius 1 is 1.33 bits per heavy atom. The third-order valence-electron chi connectivity index (χ3n) is 4.10. The second kappa shape index (κ2) is 7.81. The topological polar surface area (TPSA) is 92.9 Å². The van der Waals surface area contributed by atoms with E-state index in [1.165, 1.54) is 4.90 Å². The Kier molecular flexibility index (Phi) is 5.78. The van der Waals surface area contributed by atoms with Crippen LogP contribution in [0, 0.1) is 5.92 Å². The van der Waals surface area contributed by atoms with Gasteiger partial charge in [0.05, 0.1) is 11.5 Å². The van der Waals surface area contributed by atoms with Crippen molar-refractivity contribution in [1.29, 1.82) is 0 Å². The molecule has 1 aromatic rings. The fourth-order valence-electron chi connectivity index (χ4n) is 2.65. The molecular formula is C17H23N3O4. The lowest BCUT2D eigenvalue weighted by Gasteiger charge is -2.31. The minimum Gasteiger partial charge on any atom is -0.452 e. The SMILES string of the molecule is CN(C)c1cccc(C(=O)OCC(=O)N2CCC[C@@H](C(N)=O)C2)c1. The molecule has 1 aromatic carbocycles. The lowest BCUT2D eigenvalue weighted by Crippen LogP contribution is -2.45. The molecule has 0 spiro atoms. The average molecular weight is 333 g/mol. The van der Waals surface area contributed by atoms with E-state index in [2.05, 4.69) is 0 Å². The fraction of sp³-hybridized carbons (Fsp3) is 0.471. The number of benzene rings is 1. The summed E-state index contributed by atoms with van der Waals surface area (Å²) in [6.45, 7) is 0.509. The zero-order valence-electron chi connectivity index (χ0n) is 14.0. The Morgan fingerprint density at radius 3 is 2.75 bits per heavy atom. The number of carbonyl (C=O) groups excluding carboxylic acids is 3. The van der Waals surface area contributed by atoms with Crippen molar-refractivity contribution in [3.05, 3.63) is 29.8 Å². The molecule has 1 atom stereocenters. The first-order valence-electron chi connectivity index (χ1n) is 7.90. The Labute approximate surface area is 141 Å². The smallest absolute Gasteiger partial charge is 0.338 e. The number of anilines is 1. The van der Waals surface area contributed by atoms with Gasteiger partial charge in [0.15, 0.2) is 6.61 Å². The first kappa shape index (κ1) is 17.8. The largest absolute Gasteiger partial charge is 0.452 e. The number of likely N-dealkylation sites (tertiary alicyclic amines) is 1. The van der Waals surface area contributed by atoms with Gasteiger partial charge >= 0.3 is 5.97 Å². The monoisotopic (exact) mass is 333 g/mol. The first-order chi connectivity index (χ1) is 11.4. The normalized spacial score (nSPS) is 17.2. The average Bonchev–Trinajstić information content (AvgIpc) is 2.59. The van der Waals surface area contributed by atoms with E-state index in [0.717, 1.165) is 12.1 Å². The van der Waals surface area contributed by atoms with Gasteiger partial charge in [0.25, 0.3) is 5.91 Å². The second-order valence-corrected chi connectivity index (χ2v) is 6.10. The van der Waals surface area contributed by atoms with E-state index in [1.54, 1.807) is 18.2 Å². The minimum absolute atomic E-state index is 0.293. The molecule has 1 saturated heterocycles. The summed E-state index contributed by atoms with van der Waals surface area (Å²) < 4.78 is 5.11. The Hall–Kier alpha value is -2.57. The molecule has 1 aliphatic heterocycles. The highest BCUT2D eigenvalue weighted by Gasteiger charge is 2.27. The van der Waals surface area contributed by atoms with Crippen LogP contribution in [0.1, 0.15) is 23.2 Å². The molecule has 0 saturated carbocycles. The van der Waals surface area contributed by atoms with Gasteiger partial charge < -0.3 is 20.3 Å². The van der Waals surface area contributed by atoms with Crippen LogP contribution in [-0.4, -0.2) is 56.5 Å². The van der Waals surface area contributed by atoms with Crippen molar-refractivity contribution in [2.75, 3.05) is 38.7 Å². The van der Waals surface area contributed by atoms with Crippen LogP contribution in [0.3, 0.4) is 0 Å². The number of piperidine rings is 1. The lowest BCUT2D eigenvalue weighted by molar-refractivity contribution is -0.137. The maximum Gasteiger partial charge on any atom is 0.338 e. The van der Waals surface area contributed by atoms with Gasteiger partial charge in [-0.25, -0.2) is 4.79 Å². The molecule has 7 heteroatoms. The predicted molar refractivity (Wildman–Crippen MR) is 89.5 cm³/mol. The number of nitrogens with two attached hydrogens (primary N) is 1. The molecule has 1 aliphatic rings. The number of hydrogen-bond acceptors (Lipinski definition) is 5. The summed E-state index contributed by atoms with van der Waals surface area (Å²) in [4.78, 5) is 38.9. The molecule has 2 N–H and O–H groups in total. The molecule has 130 valence electrons. The third-order valence-corrected chi connectivity index (χ3v) is 4.10. The maximum atomic E-state index is 12.2. The molecular weight excluding hydrogens is 310 g/mol. The highest BCUT2D eigenvalue weighted by atomic mass is 16.5. The standard InChI is InChI=1S/C17H23N3O4/c1-19(2)14-7-3-5-12(9-14)17(23)24-11-15(21)20-8-4-6-13(10-20)16(18)22/h3,5,7,9,13H,4,6,8,10-11H2,1-2H3,(H2,18,22)/t13-/m1/s1. The number of hydrogen-bond donors (Lipinski definition) is 1. The number of rotatable bonds is 5. The van der Waals surface area contributed by atoms with Crippen molar-refractivity contribution < 1.29 is 19.1 Å². The van der Waals surface area contributed by atoms with Crippen molar-refractivity contribution >= 4 is 23.5 Å². The van der Waals surface area contributed by atoms with E-state index in [1.807, 2.05) is 25.1 Å². The van der Waals surface area contributed by atoms with Gasteiger partial charge in [-0.1, -0.05) is 6.07 Å². The summed E-state index contributed by atoms with van der Waals surface area (Å²) in [7, 11) is 3.75. The maximum absolute atomic E-state index is 12.2. The molecule has 2 amide bonds. The van der Waals surface area contributed by atoms with E-state index in [0.29, 0.717) is 25.1 Å². The van der Waals surface area contributed by atoms with E-state index in [9.17, 15) is 14.4 Å². The van der Waals surface area contributed by atoms with Gasteiger partial charge in [-0.2, -0.15) is 0 Å². The highest BCUT2D eigenvalue weighted by molar-refractivity contribution is 5.92. The number of esters is 1. The Morgan fingerprint density at radius 2 is 2.08 bits per heavy atom. The number of ether oxygens (including phenoxy) is 1. The van der Waals surface area contributed by atoms with Crippen LogP contribution < -0.4 is 10.6 Å². The molecule has 0 unspecified atom stereocenters. The van der Waals surface area contributed by atoms with Crippen molar-refractivity contribution in [2.24, 2.45) is 11.7 Å². The van der Waals surface area contributed by atoms with Crippen LogP contribution in [0.5, 0.6) is 0 Å². The molecule has 1 fully saturated rings. The summed E-state index contributed by atoms with van der Waals surface area (Å²) >= 11 is 0. The predicted octanol–water partition coefficient (Wildman–Crippen LogP) is 0.633. The van der Waals surface area contributed by atoms with Gasteiger partial charge in [-0.15, -0.1) is 0 Å². The first-order valence-corrected chi connectivity index (χ1v) is 7.90. The molecule has 0 bridgehead atoms. The molecule has 7 nitrogen and oxygen atoms in total. The van der Waals surface area contributed by atoms with Crippen molar-refractivity contribution in [3.63, 3.8) is 0 Å². The van der Waals surface area contributed by atoms with Crippen LogP contribution in [-0.2, 0) is 14.3 Å². The van der Waals surface area contributed by atoms with Crippen LogP contribution in [0.2, 0.25) is 0 Å². The number of carbonyl (C=O) groups is 3. The van der Waals surface area contributed by atoms with Gasteiger partial charge in [-0.05, 0) is 31.0 Å². The summed E-state index contributed by atoms with van der Waals surface area (Å²) in [6.07, 6.45) is 1.41. The summed E-state index contributed by atoms with van der Waals surface area (Å²) in [5.74, 6) is -1.58. The summed E-state index contributed by atoms with van der Waals surface area (Å²) in [5, 5.41) is 0. The van der Waals surface area contributed by atoms with Gasteiger partial charge in [0.1, 0.15) is 0 Å². The van der Waals surface area contributed by atoms with Gasteiger partial charge in [0.2, 0.25) is 5.91 Å². The van der Waals surface area contributed by atoms with E-state index in [-0.39, 0.29) is 18.4 Å². The van der Waals surface area contributed by atoms with Crippen LogP contribution >= 0.6 is 0 Å². The van der Waals surface area contributed by atoms with Crippen molar-refractivity contribution in [2.45, 2.75) is 12.8 Å². The zero-order chi connectivity index (χ0) is 17.7. The van der Waals surface area contributed by atoms with Gasteiger partial charge in [-0.3, -0.25) is 9.59 Å². The molecule has 1 heterocycles. The summed E-state index contributed by atoms with van der Waals surface area (Å²) in [5.41, 5.74) is 6.56. The molecule has 0 aliphatic carbocycles. The minimum atomic E-state index is -0.546. The number of primary amides is 1. The van der Waals surface area contributed by atoms with Crippen LogP contribution in [0.4, 0.5) is 5.69 Å². The summed E-state index contributed by atoms with van der Waals surface area (Å²) in [6, 6.07) is 6.98. The quantitative estimate of drug-likeness (QED) is 0.798. The zero-order valence-corrected chi connectivity index (χ0v) is 14.0. The van der Waals surface area contributed by atoms with Crippen molar-refractivity contribution in [3.8, 4) is 0 Å². The third kappa shape index (κ3) is 4.47. The second-order valence-electron chi connectivity index (χ2n) is 6.10. The van der Waals surface area contributed by atoms with Crippen LogP contribution in [0.15, 0.2) is 24.3 Å². The van der Waals surface area contributed by atoms with Crippen LogP contribution in [0.25, 0.3) is 0 Å². The van der Waals surface area contributed by atoms with Gasteiger partial charge in [0, 0.05) is 32.9 Å².